The lowest BCUT2D eigenvalue weighted by molar-refractivity contribution is -0.134. The van der Waals surface area contributed by atoms with E-state index in [1.165, 1.54) is 23.2 Å². The number of aryl methyl sites for hydroxylation is 1. The third kappa shape index (κ3) is 4.66. The molecule has 8 heteroatoms. The number of carbonyl (C=O) groups is 1. The van der Waals surface area contributed by atoms with Gasteiger partial charge in [0.05, 0.1) is 11.0 Å². The highest BCUT2D eigenvalue weighted by atomic mass is 32.2. The third-order valence-corrected chi connectivity index (χ3v) is 8.00. The number of carbonyl (C=O) groups excluding carboxylic acids is 1. The lowest BCUT2D eigenvalue weighted by Crippen LogP contribution is -2.54. The molecule has 1 aliphatic heterocycles. The van der Waals surface area contributed by atoms with Crippen molar-refractivity contribution in [2.45, 2.75) is 48.4 Å². The standard InChI is InChI=1S/C22H27NO6S/c1-17(7-8-18-5-3-2-4-6-18)29-19-9-11-20(12-10-19)30(26,27)22(21(24)23-25)13-15-28-16-14-22/h2-6,9-12,17,25H,7-8,13-16H2,1H3,(H,23,24). The van der Waals surface area contributed by atoms with Gasteiger partial charge in [-0.1, -0.05) is 30.3 Å². The second-order valence-corrected chi connectivity index (χ2v) is 9.73. The monoisotopic (exact) mass is 433 g/mol. The Labute approximate surface area is 176 Å². The van der Waals surface area contributed by atoms with Gasteiger partial charge in [-0.3, -0.25) is 10.0 Å². The highest BCUT2D eigenvalue weighted by molar-refractivity contribution is 7.93. The fourth-order valence-corrected chi connectivity index (χ4v) is 5.59. The lowest BCUT2D eigenvalue weighted by Gasteiger charge is -2.34. The smallest absolute Gasteiger partial charge is 0.265 e. The third-order valence-electron chi connectivity index (χ3n) is 5.48. The fourth-order valence-electron chi connectivity index (χ4n) is 3.65. The first-order valence-corrected chi connectivity index (χ1v) is 11.4. The van der Waals surface area contributed by atoms with Crippen molar-refractivity contribution in [3.8, 4) is 5.75 Å². The van der Waals surface area contributed by atoms with Gasteiger partial charge in [0, 0.05) is 13.2 Å². The number of hydrogen-bond donors (Lipinski definition) is 2. The first kappa shape index (κ1) is 22.3. The average molecular weight is 434 g/mol. The van der Waals surface area contributed by atoms with Crippen molar-refractivity contribution in [2.24, 2.45) is 0 Å². The van der Waals surface area contributed by atoms with E-state index in [1.54, 1.807) is 12.1 Å². The first-order valence-electron chi connectivity index (χ1n) is 9.96. The van der Waals surface area contributed by atoms with Gasteiger partial charge >= 0.3 is 0 Å². The molecule has 0 bridgehead atoms. The van der Waals surface area contributed by atoms with E-state index >= 15 is 0 Å². The van der Waals surface area contributed by atoms with Crippen LogP contribution < -0.4 is 10.2 Å². The van der Waals surface area contributed by atoms with Crippen molar-refractivity contribution in [2.75, 3.05) is 13.2 Å². The fraction of sp³-hybridized carbons (Fsp3) is 0.409. The summed E-state index contributed by atoms with van der Waals surface area (Å²) in [6.07, 6.45) is 1.63. The zero-order valence-corrected chi connectivity index (χ0v) is 17.7. The molecule has 2 aromatic carbocycles. The van der Waals surface area contributed by atoms with Gasteiger partial charge in [0.2, 0.25) is 0 Å². The number of hydrogen-bond acceptors (Lipinski definition) is 6. The Bertz CT molecular complexity index is 937. The summed E-state index contributed by atoms with van der Waals surface area (Å²) in [5, 5.41) is 9.11. The maximum atomic E-state index is 13.2. The summed E-state index contributed by atoms with van der Waals surface area (Å²) in [7, 11) is -4.03. The highest BCUT2D eigenvalue weighted by Gasteiger charge is 2.52. The number of sulfone groups is 1. The summed E-state index contributed by atoms with van der Waals surface area (Å²) in [4.78, 5) is 12.3. The summed E-state index contributed by atoms with van der Waals surface area (Å²) < 4.78 is 35.9. The van der Waals surface area contributed by atoms with Crippen molar-refractivity contribution in [1.29, 1.82) is 0 Å². The normalized spacial score (nSPS) is 17.1. The topological polar surface area (TPSA) is 102 Å². The molecule has 1 aliphatic rings. The number of rotatable bonds is 8. The van der Waals surface area contributed by atoms with Crippen LogP contribution in [0.2, 0.25) is 0 Å². The van der Waals surface area contributed by atoms with E-state index in [9.17, 15) is 13.2 Å². The SMILES string of the molecule is CC(CCc1ccccc1)Oc1ccc(S(=O)(=O)C2(C(=O)NO)CCOCC2)cc1. The number of amides is 1. The zero-order valence-electron chi connectivity index (χ0n) is 16.9. The molecule has 7 nitrogen and oxygen atoms in total. The van der Waals surface area contributed by atoms with Crippen molar-refractivity contribution in [3.05, 3.63) is 60.2 Å². The largest absolute Gasteiger partial charge is 0.491 e. The summed E-state index contributed by atoms with van der Waals surface area (Å²) in [5.74, 6) is -0.372. The zero-order chi connectivity index (χ0) is 21.6. The second-order valence-electron chi connectivity index (χ2n) is 7.48. The minimum absolute atomic E-state index is 0.0114. The summed E-state index contributed by atoms with van der Waals surface area (Å²) in [5.41, 5.74) is 2.75. The lowest BCUT2D eigenvalue weighted by atomic mass is 9.98. The molecule has 1 heterocycles. The number of ether oxygens (including phenoxy) is 2. The van der Waals surface area contributed by atoms with Gasteiger partial charge in [-0.05, 0) is 62.4 Å². The maximum absolute atomic E-state index is 13.2. The Balaban J connectivity index is 1.70. The molecule has 2 aromatic rings. The molecule has 162 valence electrons. The van der Waals surface area contributed by atoms with Crippen LogP contribution in [-0.4, -0.2) is 43.6 Å². The summed E-state index contributed by atoms with van der Waals surface area (Å²) in [6, 6.07) is 16.2. The van der Waals surface area contributed by atoms with Gasteiger partial charge in [0.1, 0.15) is 5.75 Å². The molecule has 3 rings (SSSR count). The van der Waals surface area contributed by atoms with Gasteiger partial charge in [-0.25, -0.2) is 13.9 Å². The molecule has 1 fully saturated rings. The Morgan fingerprint density at radius 3 is 2.37 bits per heavy atom. The predicted octanol–water partition coefficient (Wildman–Crippen LogP) is 2.92. The maximum Gasteiger partial charge on any atom is 0.265 e. The van der Waals surface area contributed by atoms with E-state index in [4.69, 9.17) is 14.7 Å². The average Bonchev–Trinajstić information content (AvgIpc) is 2.78. The van der Waals surface area contributed by atoms with Crippen LogP contribution in [-0.2, 0) is 25.8 Å². The molecule has 2 N–H and O–H groups in total. The van der Waals surface area contributed by atoms with Crippen molar-refractivity contribution >= 4 is 15.7 Å². The highest BCUT2D eigenvalue weighted by Crippen LogP contribution is 2.35. The van der Waals surface area contributed by atoms with Crippen LogP contribution in [0.3, 0.4) is 0 Å². The van der Waals surface area contributed by atoms with E-state index in [-0.39, 0.29) is 37.1 Å². The Morgan fingerprint density at radius 2 is 1.77 bits per heavy atom. The molecule has 1 atom stereocenters. The number of hydroxylamine groups is 1. The van der Waals surface area contributed by atoms with Crippen molar-refractivity contribution in [1.82, 2.24) is 5.48 Å². The molecule has 1 saturated heterocycles. The van der Waals surface area contributed by atoms with Crippen molar-refractivity contribution < 1.29 is 27.9 Å². The second kappa shape index (κ2) is 9.59. The Hall–Kier alpha value is -2.42. The van der Waals surface area contributed by atoms with Crippen LogP contribution >= 0.6 is 0 Å². The molecule has 0 aliphatic carbocycles. The van der Waals surface area contributed by atoms with Gasteiger partial charge in [-0.2, -0.15) is 0 Å². The number of benzene rings is 2. The predicted molar refractivity (Wildman–Crippen MR) is 111 cm³/mol. The Kier molecular flexibility index (Phi) is 7.12. The Morgan fingerprint density at radius 1 is 1.13 bits per heavy atom. The van der Waals surface area contributed by atoms with Crippen LogP contribution in [0.25, 0.3) is 0 Å². The quantitative estimate of drug-likeness (QED) is 0.490. The molecule has 0 saturated carbocycles. The van der Waals surface area contributed by atoms with Gasteiger partial charge in [0.15, 0.2) is 14.6 Å². The van der Waals surface area contributed by atoms with Gasteiger partial charge in [0.25, 0.3) is 5.91 Å². The molecule has 1 unspecified atom stereocenters. The molecule has 30 heavy (non-hydrogen) atoms. The summed E-state index contributed by atoms with van der Waals surface area (Å²) >= 11 is 0. The van der Waals surface area contributed by atoms with E-state index in [1.807, 2.05) is 25.1 Å². The van der Waals surface area contributed by atoms with Crippen LogP contribution in [0.4, 0.5) is 0 Å². The van der Waals surface area contributed by atoms with Crippen LogP contribution in [0, 0.1) is 0 Å². The summed E-state index contributed by atoms with van der Waals surface area (Å²) in [6.45, 7) is 2.23. The molecule has 0 aromatic heterocycles. The molecule has 0 radical (unpaired) electrons. The number of nitrogens with one attached hydrogen (secondary N) is 1. The van der Waals surface area contributed by atoms with Gasteiger partial charge < -0.3 is 9.47 Å². The molecule has 1 amide bonds. The van der Waals surface area contributed by atoms with E-state index in [0.717, 1.165) is 12.8 Å². The van der Waals surface area contributed by atoms with Crippen LogP contribution in [0.15, 0.2) is 59.5 Å². The van der Waals surface area contributed by atoms with E-state index in [2.05, 4.69) is 12.1 Å². The molecular formula is C22H27NO6S. The van der Waals surface area contributed by atoms with E-state index < -0.39 is 20.5 Å². The minimum atomic E-state index is -4.03. The molecular weight excluding hydrogens is 406 g/mol. The molecule has 0 spiro atoms. The van der Waals surface area contributed by atoms with Crippen LogP contribution in [0.5, 0.6) is 5.75 Å². The minimum Gasteiger partial charge on any atom is -0.491 e. The first-order chi connectivity index (χ1) is 14.4. The van der Waals surface area contributed by atoms with E-state index in [0.29, 0.717) is 5.75 Å². The van der Waals surface area contributed by atoms with Crippen molar-refractivity contribution in [3.63, 3.8) is 0 Å². The van der Waals surface area contributed by atoms with Gasteiger partial charge in [-0.15, -0.1) is 0 Å². The van der Waals surface area contributed by atoms with Crippen LogP contribution in [0.1, 0.15) is 31.7 Å².